The number of hydrogen-bond acceptors (Lipinski definition) is 6. The third-order valence-electron chi connectivity index (χ3n) is 3.42. The SMILES string of the molecule is CCOC(=O)[C@@H](O)[C@H](O)[C@H]1CCCCN1C(=O)OC(C)(C)C. The number of nitrogens with zero attached hydrogens (tertiary/aromatic N) is 1. The van der Waals surface area contributed by atoms with Crippen molar-refractivity contribution in [1.29, 1.82) is 0 Å². The second kappa shape index (κ2) is 7.78. The average Bonchev–Trinajstić information content (AvgIpc) is 2.44. The Balaban J connectivity index is 2.79. The minimum atomic E-state index is -1.67. The van der Waals surface area contributed by atoms with Crippen molar-refractivity contribution in [3.8, 4) is 0 Å². The summed E-state index contributed by atoms with van der Waals surface area (Å²) in [6.07, 6.45) is -1.53. The van der Waals surface area contributed by atoms with E-state index in [1.165, 1.54) is 4.90 Å². The summed E-state index contributed by atoms with van der Waals surface area (Å²) in [4.78, 5) is 25.2. The Morgan fingerprint density at radius 2 is 1.91 bits per heavy atom. The summed E-state index contributed by atoms with van der Waals surface area (Å²) in [5.41, 5.74) is -0.649. The van der Waals surface area contributed by atoms with Crippen LogP contribution < -0.4 is 0 Å². The zero-order valence-corrected chi connectivity index (χ0v) is 13.7. The smallest absolute Gasteiger partial charge is 0.410 e. The highest BCUT2D eigenvalue weighted by Gasteiger charge is 2.40. The zero-order chi connectivity index (χ0) is 16.9. The number of carbonyl (C=O) groups is 2. The van der Waals surface area contributed by atoms with Gasteiger partial charge in [0.25, 0.3) is 0 Å². The van der Waals surface area contributed by atoms with E-state index in [1.54, 1.807) is 27.7 Å². The van der Waals surface area contributed by atoms with Crippen molar-refractivity contribution >= 4 is 12.1 Å². The lowest BCUT2D eigenvalue weighted by molar-refractivity contribution is -0.162. The minimum absolute atomic E-state index is 0.114. The number of carbonyl (C=O) groups excluding carboxylic acids is 2. The standard InChI is InChI=1S/C15H27NO6/c1-5-21-13(19)12(18)11(17)10-8-6-7-9-16(10)14(20)22-15(2,3)4/h10-12,17-18H,5-9H2,1-4H3/t10-,11-,12+/m1/s1. The van der Waals surface area contributed by atoms with Crippen molar-refractivity contribution in [2.75, 3.05) is 13.2 Å². The van der Waals surface area contributed by atoms with Crippen LogP contribution in [-0.2, 0) is 14.3 Å². The molecule has 3 atom stereocenters. The lowest BCUT2D eigenvalue weighted by Crippen LogP contribution is -2.55. The number of rotatable bonds is 4. The maximum Gasteiger partial charge on any atom is 0.410 e. The molecule has 0 bridgehead atoms. The van der Waals surface area contributed by atoms with Crippen LogP contribution in [0.5, 0.6) is 0 Å². The predicted molar refractivity (Wildman–Crippen MR) is 79.2 cm³/mol. The summed E-state index contributed by atoms with van der Waals surface area (Å²) in [6, 6.07) is -0.664. The van der Waals surface area contributed by atoms with Gasteiger partial charge in [0.2, 0.25) is 0 Å². The summed E-state index contributed by atoms with van der Waals surface area (Å²) in [7, 11) is 0. The van der Waals surface area contributed by atoms with Crippen molar-refractivity contribution in [2.45, 2.75) is 70.8 Å². The number of likely N-dealkylation sites (tertiary alicyclic amines) is 1. The van der Waals surface area contributed by atoms with Gasteiger partial charge in [0.1, 0.15) is 11.7 Å². The molecule has 1 amide bonds. The maximum atomic E-state index is 12.2. The summed E-state index contributed by atoms with van der Waals surface area (Å²) >= 11 is 0. The number of hydrogen-bond donors (Lipinski definition) is 2. The number of aliphatic hydroxyl groups is 2. The molecule has 1 rings (SSSR count). The van der Waals surface area contributed by atoms with Crippen LogP contribution in [0.15, 0.2) is 0 Å². The summed E-state index contributed by atoms with van der Waals surface area (Å²) in [5.74, 6) is -0.885. The number of esters is 1. The Morgan fingerprint density at radius 1 is 1.27 bits per heavy atom. The first-order chi connectivity index (χ1) is 10.2. The topological polar surface area (TPSA) is 96.3 Å². The molecule has 0 aromatic rings. The molecule has 0 aromatic carbocycles. The Labute approximate surface area is 131 Å². The normalized spacial score (nSPS) is 21.9. The van der Waals surface area contributed by atoms with E-state index in [0.717, 1.165) is 12.8 Å². The highest BCUT2D eigenvalue weighted by atomic mass is 16.6. The van der Waals surface area contributed by atoms with E-state index in [2.05, 4.69) is 0 Å². The third kappa shape index (κ3) is 5.14. The van der Waals surface area contributed by atoms with E-state index < -0.39 is 35.9 Å². The molecule has 1 aliphatic rings. The van der Waals surface area contributed by atoms with Crippen molar-refractivity contribution < 1.29 is 29.3 Å². The molecule has 1 heterocycles. The fraction of sp³-hybridized carbons (Fsp3) is 0.867. The number of piperidine rings is 1. The number of ether oxygens (including phenoxy) is 2. The van der Waals surface area contributed by atoms with Crippen LogP contribution in [0.2, 0.25) is 0 Å². The molecule has 128 valence electrons. The van der Waals surface area contributed by atoms with Gasteiger partial charge in [-0.1, -0.05) is 0 Å². The van der Waals surface area contributed by atoms with Gasteiger partial charge in [-0.15, -0.1) is 0 Å². The molecule has 0 saturated carbocycles. The largest absolute Gasteiger partial charge is 0.464 e. The minimum Gasteiger partial charge on any atom is -0.464 e. The Kier molecular flexibility index (Phi) is 6.62. The van der Waals surface area contributed by atoms with Crippen molar-refractivity contribution in [1.82, 2.24) is 4.90 Å². The molecule has 0 aromatic heterocycles. The van der Waals surface area contributed by atoms with Crippen LogP contribution in [0.25, 0.3) is 0 Å². The third-order valence-corrected chi connectivity index (χ3v) is 3.42. The first-order valence-corrected chi connectivity index (χ1v) is 7.69. The fourth-order valence-corrected chi connectivity index (χ4v) is 2.44. The second-order valence-corrected chi connectivity index (χ2v) is 6.42. The lowest BCUT2D eigenvalue weighted by atomic mass is 9.94. The monoisotopic (exact) mass is 317 g/mol. The van der Waals surface area contributed by atoms with Gasteiger partial charge in [-0.05, 0) is 47.0 Å². The molecular formula is C15H27NO6. The van der Waals surface area contributed by atoms with Gasteiger partial charge < -0.3 is 24.6 Å². The first kappa shape index (κ1) is 18.7. The molecule has 1 aliphatic heterocycles. The lowest BCUT2D eigenvalue weighted by Gasteiger charge is -2.39. The van der Waals surface area contributed by atoms with E-state index in [4.69, 9.17) is 9.47 Å². The van der Waals surface area contributed by atoms with Crippen LogP contribution in [-0.4, -0.2) is 64.2 Å². The highest BCUT2D eigenvalue weighted by Crippen LogP contribution is 2.24. The van der Waals surface area contributed by atoms with Gasteiger partial charge in [0.15, 0.2) is 6.10 Å². The molecule has 1 fully saturated rings. The van der Waals surface area contributed by atoms with E-state index in [1.807, 2.05) is 0 Å². The molecule has 7 nitrogen and oxygen atoms in total. The van der Waals surface area contributed by atoms with Crippen LogP contribution in [0, 0.1) is 0 Å². The van der Waals surface area contributed by atoms with Crippen LogP contribution in [0.1, 0.15) is 47.0 Å². The molecular weight excluding hydrogens is 290 g/mol. The van der Waals surface area contributed by atoms with E-state index in [-0.39, 0.29) is 6.61 Å². The number of amides is 1. The number of aliphatic hydroxyl groups excluding tert-OH is 2. The van der Waals surface area contributed by atoms with Crippen molar-refractivity contribution in [3.63, 3.8) is 0 Å². The van der Waals surface area contributed by atoms with Crippen LogP contribution in [0.3, 0.4) is 0 Å². The molecule has 0 aliphatic carbocycles. The Bertz CT molecular complexity index is 392. The molecule has 22 heavy (non-hydrogen) atoms. The second-order valence-electron chi connectivity index (χ2n) is 6.42. The maximum absolute atomic E-state index is 12.2. The van der Waals surface area contributed by atoms with Gasteiger partial charge in [-0.25, -0.2) is 9.59 Å². The van der Waals surface area contributed by atoms with Crippen molar-refractivity contribution in [3.05, 3.63) is 0 Å². The Morgan fingerprint density at radius 3 is 2.45 bits per heavy atom. The quantitative estimate of drug-likeness (QED) is 0.753. The fourth-order valence-electron chi connectivity index (χ4n) is 2.44. The summed E-state index contributed by atoms with van der Waals surface area (Å²) in [5, 5.41) is 20.2. The molecule has 0 spiro atoms. The average molecular weight is 317 g/mol. The summed E-state index contributed by atoms with van der Waals surface area (Å²) in [6.45, 7) is 7.43. The van der Waals surface area contributed by atoms with Gasteiger partial charge in [-0.2, -0.15) is 0 Å². The molecule has 1 saturated heterocycles. The van der Waals surface area contributed by atoms with Gasteiger partial charge in [0.05, 0.1) is 12.6 Å². The van der Waals surface area contributed by atoms with Crippen LogP contribution >= 0.6 is 0 Å². The molecule has 2 N–H and O–H groups in total. The van der Waals surface area contributed by atoms with E-state index in [0.29, 0.717) is 13.0 Å². The molecule has 0 radical (unpaired) electrons. The first-order valence-electron chi connectivity index (χ1n) is 7.69. The van der Waals surface area contributed by atoms with E-state index in [9.17, 15) is 19.8 Å². The van der Waals surface area contributed by atoms with Gasteiger partial charge >= 0.3 is 12.1 Å². The summed E-state index contributed by atoms with van der Waals surface area (Å²) < 4.78 is 10.0. The molecule has 0 unspecified atom stereocenters. The zero-order valence-electron chi connectivity index (χ0n) is 13.7. The molecule has 7 heteroatoms. The highest BCUT2D eigenvalue weighted by molar-refractivity contribution is 5.75. The Hall–Kier alpha value is -1.34. The van der Waals surface area contributed by atoms with Gasteiger partial charge in [-0.3, -0.25) is 0 Å². The van der Waals surface area contributed by atoms with Crippen LogP contribution in [0.4, 0.5) is 4.79 Å². The predicted octanol–water partition coefficient (Wildman–Crippen LogP) is 1.06. The van der Waals surface area contributed by atoms with Gasteiger partial charge in [0, 0.05) is 6.54 Å². The van der Waals surface area contributed by atoms with Crippen molar-refractivity contribution in [2.24, 2.45) is 0 Å². The van der Waals surface area contributed by atoms with E-state index >= 15 is 0 Å².